The second-order valence-corrected chi connectivity index (χ2v) is 8.80. The first kappa shape index (κ1) is 19.8. The van der Waals surface area contributed by atoms with E-state index in [1.54, 1.807) is 34.9 Å². The molecule has 0 radical (unpaired) electrons. The summed E-state index contributed by atoms with van der Waals surface area (Å²) in [6.45, 7) is 5.73. The third-order valence-corrected chi connectivity index (χ3v) is 6.68. The van der Waals surface area contributed by atoms with Crippen molar-refractivity contribution in [2.75, 3.05) is 10.7 Å². The number of aryl methyl sites for hydroxylation is 1. The summed E-state index contributed by atoms with van der Waals surface area (Å²) in [6.07, 6.45) is 1.60. The Morgan fingerprint density at radius 2 is 2.10 bits per heavy atom. The van der Waals surface area contributed by atoms with Gasteiger partial charge in [0.05, 0.1) is 10.6 Å². The number of fused-ring (bicyclic) bond motifs is 3. The molecule has 150 valence electrons. The van der Waals surface area contributed by atoms with E-state index in [1.165, 1.54) is 0 Å². The van der Waals surface area contributed by atoms with Gasteiger partial charge in [-0.2, -0.15) is 4.98 Å². The highest BCUT2D eigenvalue weighted by Crippen LogP contribution is 2.44. The van der Waals surface area contributed by atoms with Gasteiger partial charge >= 0.3 is 0 Å². The molecule has 3 aromatic rings. The van der Waals surface area contributed by atoms with Gasteiger partial charge in [0.25, 0.3) is 0 Å². The zero-order chi connectivity index (χ0) is 20.4. The largest absolute Gasteiger partial charge is 0.446 e. The third-order valence-electron chi connectivity index (χ3n) is 4.71. The molecule has 1 aromatic carbocycles. The molecule has 1 atom stereocenters. The molecule has 0 N–H and O–H groups in total. The van der Waals surface area contributed by atoms with Crippen molar-refractivity contribution in [3.8, 4) is 17.1 Å². The van der Waals surface area contributed by atoms with Gasteiger partial charge in [0, 0.05) is 18.2 Å². The topological polar surface area (TPSA) is 68.2 Å². The van der Waals surface area contributed by atoms with E-state index < -0.39 is 6.23 Å². The quantitative estimate of drug-likeness (QED) is 0.410. The van der Waals surface area contributed by atoms with Gasteiger partial charge in [-0.1, -0.05) is 43.3 Å². The number of benzene rings is 1. The standard InChI is InChI=1S/C21H22N4O2S2/c1-4-5-11-29-21-22-19-17(23-24-21)15-8-6-7-9-16(15)25(14(3)26)20(27-19)18-13(2)10-12-28-18/h6-10,12,20H,4-5,11H2,1-3H3/t20-/m1/s1. The van der Waals surface area contributed by atoms with Crippen LogP contribution in [-0.2, 0) is 4.79 Å². The third kappa shape index (κ3) is 3.86. The molecule has 0 aliphatic carbocycles. The molecular formula is C21H22N4O2S2. The number of thiophene rings is 1. The van der Waals surface area contributed by atoms with Crippen LogP contribution in [0.25, 0.3) is 11.3 Å². The molecular weight excluding hydrogens is 404 g/mol. The molecule has 0 spiro atoms. The highest BCUT2D eigenvalue weighted by molar-refractivity contribution is 7.99. The highest BCUT2D eigenvalue weighted by Gasteiger charge is 2.35. The Morgan fingerprint density at radius 3 is 2.83 bits per heavy atom. The molecule has 0 saturated heterocycles. The number of thioether (sulfide) groups is 1. The average molecular weight is 427 g/mol. The molecule has 0 saturated carbocycles. The predicted octanol–water partition coefficient (Wildman–Crippen LogP) is 5.24. The number of rotatable bonds is 5. The Kier molecular flexibility index (Phi) is 5.82. The van der Waals surface area contributed by atoms with Crippen molar-refractivity contribution in [2.24, 2.45) is 0 Å². The number of hydrogen-bond acceptors (Lipinski definition) is 7. The van der Waals surface area contributed by atoms with Crippen LogP contribution in [0.15, 0.2) is 40.9 Å². The van der Waals surface area contributed by atoms with Gasteiger partial charge in [0.2, 0.25) is 23.2 Å². The predicted molar refractivity (Wildman–Crippen MR) is 116 cm³/mol. The molecule has 1 amide bonds. The van der Waals surface area contributed by atoms with Crippen molar-refractivity contribution >= 4 is 34.7 Å². The number of hydrogen-bond donors (Lipinski definition) is 0. The maximum atomic E-state index is 12.7. The van der Waals surface area contributed by atoms with Crippen LogP contribution in [-0.4, -0.2) is 26.8 Å². The minimum absolute atomic E-state index is 0.103. The summed E-state index contributed by atoms with van der Waals surface area (Å²) in [7, 11) is 0. The van der Waals surface area contributed by atoms with Gasteiger partial charge < -0.3 is 4.74 Å². The fourth-order valence-corrected chi connectivity index (χ4v) is 5.03. The molecule has 8 heteroatoms. The van der Waals surface area contributed by atoms with Gasteiger partial charge in [-0.05, 0) is 36.4 Å². The van der Waals surface area contributed by atoms with Crippen LogP contribution in [0.1, 0.15) is 43.4 Å². The maximum Gasteiger partial charge on any atom is 0.247 e. The van der Waals surface area contributed by atoms with Crippen molar-refractivity contribution < 1.29 is 9.53 Å². The second-order valence-electron chi connectivity index (χ2n) is 6.79. The van der Waals surface area contributed by atoms with Gasteiger partial charge in [-0.25, -0.2) is 0 Å². The van der Waals surface area contributed by atoms with Crippen LogP contribution >= 0.6 is 23.1 Å². The molecule has 0 unspecified atom stereocenters. The Bertz CT molecular complexity index is 1040. The van der Waals surface area contributed by atoms with Crippen LogP contribution in [0.5, 0.6) is 5.88 Å². The van der Waals surface area contributed by atoms with Crippen molar-refractivity contribution in [3.63, 3.8) is 0 Å². The van der Waals surface area contributed by atoms with Crippen molar-refractivity contribution in [1.82, 2.24) is 15.2 Å². The summed E-state index contributed by atoms with van der Waals surface area (Å²) in [5.74, 6) is 1.24. The lowest BCUT2D eigenvalue weighted by Crippen LogP contribution is -2.35. The SMILES string of the molecule is CCCCSc1nnc2c(n1)O[C@H](c1sccc1C)N(C(C)=O)c1ccccc1-2. The van der Waals surface area contributed by atoms with Gasteiger partial charge in [-0.15, -0.1) is 21.5 Å². The molecule has 2 aromatic heterocycles. The van der Waals surface area contributed by atoms with Crippen LogP contribution in [0, 0.1) is 6.92 Å². The summed E-state index contributed by atoms with van der Waals surface area (Å²) < 4.78 is 6.37. The Labute approximate surface area is 178 Å². The van der Waals surface area contributed by atoms with E-state index in [0.717, 1.165) is 40.3 Å². The monoisotopic (exact) mass is 426 g/mol. The summed E-state index contributed by atoms with van der Waals surface area (Å²) in [6, 6.07) is 9.70. The summed E-state index contributed by atoms with van der Waals surface area (Å²) in [4.78, 5) is 20.0. The lowest BCUT2D eigenvalue weighted by Gasteiger charge is -2.29. The summed E-state index contributed by atoms with van der Waals surface area (Å²) in [5, 5.41) is 11.3. The second kappa shape index (κ2) is 8.51. The molecule has 1 aliphatic heterocycles. The minimum Gasteiger partial charge on any atom is -0.446 e. The van der Waals surface area contributed by atoms with Crippen LogP contribution in [0.3, 0.4) is 0 Å². The Hall–Kier alpha value is -2.45. The first-order valence-corrected chi connectivity index (χ1v) is 11.4. The molecule has 0 bridgehead atoms. The number of para-hydroxylation sites is 1. The lowest BCUT2D eigenvalue weighted by molar-refractivity contribution is -0.118. The number of amides is 1. The normalized spacial score (nSPS) is 15.3. The zero-order valence-corrected chi connectivity index (χ0v) is 18.2. The van der Waals surface area contributed by atoms with E-state index in [1.807, 2.05) is 42.6 Å². The molecule has 4 rings (SSSR count). The van der Waals surface area contributed by atoms with Crippen molar-refractivity contribution in [2.45, 2.75) is 45.0 Å². The molecule has 29 heavy (non-hydrogen) atoms. The number of ether oxygens (including phenoxy) is 1. The van der Waals surface area contributed by atoms with E-state index in [0.29, 0.717) is 16.7 Å². The zero-order valence-electron chi connectivity index (χ0n) is 16.6. The first-order valence-electron chi connectivity index (χ1n) is 9.57. The lowest BCUT2D eigenvalue weighted by atomic mass is 10.1. The molecule has 3 heterocycles. The van der Waals surface area contributed by atoms with Crippen molar-refractivity contribution in [3.05, 3.63) is 46.2 Å². The number of carbonyl (C=O) groups is 1. The summed E-state index contributed by atoms with van der Waals surface area (Å²) >= 11 is 3.14. The fraction of sp³-hybridized carbons (Fsp3) is 0.333. The molecule has 6 nitrogen and oxygen atoms in total. The van der Waals surface area contributed by atoms with Gasteiger partial charge in [0.1, 0.15) is 0 Å². The number of aromatic nitrogens is 3. The van der Waals surface area contributed by atoms with Gasteiger partial charge in [-0.3, -0.25) is 9.69 Å². The van der Waals surface area contributed by atoms with Gasteiger partial charge in [0.15, 0.2) is 5.69 Å². The number of nitrogens with zero attached hydrogens (tertiary/aromatic N) is 4. The average Bonchev–Trinajstić information content (AvgIpc) is 3.07. The number of carbonyl (C=O) groups excluding carboxylic acids is 1. The van der Waals surface area contributed by atoms with E-state index >= 15 is 0 Å². The molecule has 1 aliphatic rings. The number of anilines is 1. The smallest absolute Gasteiger partial charge is 0.247 e. The first-order chi connectivity index (χ1) is 14.1. The number of unbranched alkanes of at least 4 members (excludes halogenated alkanes) is 1. The van der Waals surface area contributed by atoms with E-state index in [-0.39, 0.29) is 5.91 Å². The Balaban J connectivity index is 1.86. The summed E-state index contributed by atoms with van der Waals surface area (Å²) in [5.41, 5.74) is 3.17. The van der Waals surface area contributed by atoms with Crippen LogP contribution in [0.2, 0.25) is 0 Å². The van der Waals surface area contributed by atoms with Crippen molar-refractivity contribution in [1.29, 1.82) is 0 Å². The van der Waals surface area contributed by atoms with Crippen LogP contribution < -0.4 is 9.64 Å². The van der Waals surface area contributed by atoms with E-state index in [9.17, 15) is 4.79 Å². The van der Waals surface area contributed by atoms with E-state index in [2.05, 4.69) is 22.1 Å². The highest BCUT2D eigenvalue weighted by atomic mass is 32.2. The van der Waals surface area contributed by atoms with E-state index in [4.69, 9.17) is 4.74 Å². The maximum absolute atomic E-state index is 12.7. The van der Waals surface area contributed by atoms with Crippen LogP contribution in [0.4, 0.5) is 5.69 Å². The fourth-order valence-electron chi connectivity index (χ4n) is 3.23. The molecule has 0 fully saturated rings. The minimum atomic E-state index is -0.597. The Morgan fingerprint density at radius 1 is 1.28 bits per heavy atom.